The Morgan fingerprint density at radius 3 is 3.12 bits per heavy atom. The van der Waals surface area contributed by atoms with Crippen molar-refractivity contribution in [2.75, 3.05) is 31.6 Å². The number of hydrogen-bond donors (Lipinski definition) is 1. The van der Waals surface area contributed by atoms with Gasteiger partial charge in [-0.2, -0.15) is 11.8 Å². The number of piperidine rings is 1. The molecule has 1 aromatic rings. The third kappa shape index (κ3) is 3.39. The minimum atomic E-state index is 0.292. The fourth-order valence-corrected chi connectivity index (χ4v) is 5.93. The van der Waals surface area contributed by atoms with Gasteiger partial charge in [0.05, 0.1) is 5.75 Å². The number of benzene rings is 1. The van der Waals surface area contributed by atoms with E-state index in [0.717, 1.165) is 31.7 Å². The Hall–Kier alpha value is -1.26. The number of fused-ring (bicyclic) bond motifs is 2. The van der Waals surface area contributed by atoms with Gasteiger partial charge in [-0.05, 0) is 67.2 Å². The van der Waals surface area contributed by atoms with Crippen LogP contribution in [-0.2, 0) is 11.2 Å². The van der Waals surface area contributed by atoms with E-state index in [0.29, 0.717) is 29.4 Å². The van der Waals surface area contributed by atoms with E-state index >= 15 is 0 Å². The molecule has 3 aliphatic rings. The largest absolute Gasteiger partial charge is 0.390 e. The van der Waals surface area contributed by atoms with Crippen molar-refractivity contribution in [2.45, 2.75) is 38.1 Å². The van der Waals surface area contributed by atoms with Crippen LogP contribution in [0.2, 0.25) is 0 Å². The molecular weight excluding hydrogens is 328 g/mol. The van der Waals surface area contributed by atoms with Gasteiger partial charge in [0, 0.05) is 31.2 Å². The van der Waals surface area contributed by atoms with Crippen molar-refractivity contribution in [3.63, 3.8) is 0 Å². The van der Waals surface area contributed by atoms with Crippen LogP contribution in [0.1, 0.15) is 42.4 Å². The lowest BCUT2D eigenvalue weighted by Crippen LogP contribution is -2.48. The number of hydrogen-bond acceptors (Lipinski definition) is 4. The number of ketones is 1. The summed E-state index contributed by atoms with van der Waals surface area (Å²) in [6, 6.07) is 7.55. The highest BCUT2D eigenvalue weighted by molar-refractivity contribution is 7.99. The Balaban J connectivity index is 1.61. The number of nitrogens with zero attached hydrogens (tertiary/aromatic N) is 1. The molecule has 3 unspecified atom stereocenters. The normalized spacial score (nSPS) is 28.2. The van der Waals surface area contributed by atoms with Crippen LogP contribution in [0.5, 0.6) is 0 Å². The van der Waals surface area contributed by atoms with Crippen LogP contribution in [0.15, 0.2) is 24.4 Å². The number of carbonyl (C=O) groups is 1. The van der Waals surface area contributed by atoms with Crippen LogP contribution in [0.25, 0.3) is 5.57 Å². The van der Waals surface area contributed by atoms with Crippen molar-refractivity contribution in [3.05, 3.63) is 41.1 Å². The molecule has 2 aliphatic heterocycles. The van der Waals surface area contributed by atoms with Gasteiger partial charge in [-0.1, -0.05) is 18.2 Å². The molecule has 0 aromatic heterocycles. The third-order valence-electron chi connectivity index (χ3n) is 5.97. The molecule has 0 amide bonds. The first kappa shape index (κ1) is 17.2. The van der Waals surface area contributed by atoms with Gasteiger partial charge < -0.3 is 10.2 Å². The van der Waals surface area contributed by atoms with Gasteiger partial charge in [0.15, 0.2) is 0 Å². The highest BCUT2D eigenvalue weighted by atomic mass is 32.2. The van der Waals surface area contributed by atoms with Crippen molar-refractivity contribution in [2.24, 2.45) is 5.92 Å². The fourth-order valence-electron chi connectivity index (χ4n) is 4.95. The molecule has 1 aromatic carbocycles. The smallest absolute Gasteiger partial charge is 0.139 e. The van der Waals surface area contributed by atoms with E-state index in [-0.39, 0.29) is 0 Å². The lowest BCUT2D eigenvalue weighted by Gasteiger charge is -2.47. The first-order valence-electron chi connectivity index (χ1n) is 9.45. The van der Waals surface area contributed by atoms with E-state index in [1.807, 2.05) is 11.8 Å². The molecule has 4 rings (SSSR count). The molecule has 1 N–H and O–H groups in total. The number of rotatable bonds is 4. The van der Waals surface area contributed by atoms with Gasteiger partial charge in [0.2, 0.25) is 0 Å². The second-order valence-electron chi connectivity index (χ2n) is 7.89. The summed E-state index contributed by atoms with van der Waals surface area (Å²) in [6.45, 7) is 3.88. The van der Waals surface area contributed by atoms with Crippen molar-refractivity contribution < 1.29 is 4.79 Å². The highest BCUT2D eigenvalue weighted by Crippen LogP contribution is 2.47. The lowest BCUT2D eigenvalue weighted by atomic mass is 9.69. The van der Waals surface area contributed by atoms with Gasteiger partial charge in [-0.3, -0.25) is 4.79 Å². The van der Waals surface area contributed by atoms with Crippen LogP contribution < -0.4 is 5.32 Å². The van der Waals surface area contributed by atoms with E-state index in [1.165, 1.54) is 17.6 Å². The average Bonchev–Trinajstić information content (AvgIpc) is 2.79. The maximum absolute atomic E-state index is 11.2. The molecule has 1 fully saturated rings. The molecular formula is C21H28N2OS. The molecule has 134 valence electrons. The Bertz CT molecular complexity index is 699. The van der Waals surface area contributed by atoms with Crippen LogP contribution in [-0.4, -0.2) is 48.4 Å². The number of likely N-dealkylation sites (N-methyl/N-ethyl adjacent to an activating group) is 1. The quantitative estimate of drug-likeness (QED) is 0.897. The SMILES string of the molecule is CC(=O)CSCC1CC2c3cccc4c3C(=CNCC4)CC2N(C)C1. The molecule has 1 aliphatic carbocycles. The Morgan fingerprint density at radius 1 is 1.40 bits per heavy atom. The van der Waals surface area contributed by atoms with Crippen LogP contribution >= 0.6 is 11.8 Å². The summed E-state index contributed by atoms with van der Waals surface area (Å²) in [5, 5.41) is 3.50. The first-order chi connectivity index (χ1) is 12.1. The minimum absolute atomic E-state index is 0.292. The topological polar surface area (TPSA) is 32.3 Å². The summed E-state index contributed by atoms with van der Waals surface area (Å²) in [7, 11) is 2.29. The highest BCUT2D eigenvalue weighted by Gasteiger charge is 2.40. The summed E-state index contributed by atoms with van der Waals surface area (Å²) in [5.74, 6) is 3.37. The number of nitrogens with one attached hydrogen (secondary N) is 1. The molecule has 0 radical (unpaired) electrons. The van der Waals surface area contributed by atoms with Crippen molar-refractivity contribution in [3.8, 4) is 0 Å². The van der Waals surface area contributed by atoms with E-state index in [4.69, 9.17) is 0 Å². The van der Waals surface area contributed by atoms with E-state index in [1.54, 1.807) is 18.1 Å². The van der Waals surface area contributed by atoms with Gasteiger partial charge in [0.1, 0.15) is 5.78 Å². The fraction of sp³-hybridized carbons (Fsp3) is 0.571. The van der Waals surface area contributed by atoms with E-state index in [9.17, 15) is 4.79 Å². The second kappa shape index (κ2) is 7.16. The zero-order valence-electron chi connectivity index (χ0n) is 15.3. The van der Waals surface area contributed by atoms with Crippen molar-refractivity contribution >= 4 is 23.1 Å². The maximum Gasteiger partial charge on any atom is 0.139 e. The molecule has 4 heteroatoms. The Kier molecular flexibility index (Phi) is 4.92. The predicted octanol–water partition coefficient (Wildman–Crippen LogP) is 3.30. The molecule has 3 nitrogen and oxygen atoms in total. The second-order valence-corrected chi connectivity index (χ2v) is 8.92. The molecule has 1 saturated heterocycles. The van der Waals surface area contributed by atoms with E-state index in [2.05, 4.69) is 41.7 Å². The third-order valence-corrected chi connectivity index (χ3v) is 7.29. The van der Waals surface area contributed by atoms with Crippen molar-refractivity contribution in [1.29, 1.82) is 0 Å². The van der Waals surface area contributed by atoms with Crippen molar-refractivity contribution in [1.82, 2.24) is 10.2 Å². The Labute approximate surface area is 155 Å². The van der Waals surface area contributed by atoms with Crippen LogP contribution in [0.3, 0.4) is 0 Å². The summed E-state index contributed by atoms with van der Waals surface area (Å²) in [6.07, 6.45) is 5.81. The van der Waals surface area contributed by atoms with Gasteiger partial charge in [-0.15, -0.1) is 0 Å². The number of Topliss-reactive ketones (excluding diaryl/α,β-unsaturated/α-hetero) is 1. The summed E-state index contributed by atoms with van der Waals surface area (Å²) >= 11 is 1.82. The average molecular weight is 357 g/mol. The minimum Gasteiger partial charge on any atom is -0.390 e. The summed E-state index contributed by atoms with van der Waals surface area (Å²) in [5.41, 5.74) is 6.12. The zero-order chi connectivity index (χ0) is 17.4. The first-order valence-corrected chi connectivity index (χ1v) is 10.6. The predicted molar refractivity (Wildman–Crippen MR) is 106 cm³/mol. The molecule has 3 atom stereocenters. The van der Waals surface area contributed by atoms with Gasteiger partial charge in [0.25, 0.3) is 0 Å². The lowest BCUT2D eigenvalue weighted by molar-refractivity contribution is -0.114. The standard InChI is InChI=1S/C21H28N2OS/c1-14(24)12-25-13-15-8-19-18-5-3-4-16-6-7-22-10-17(21(16)18)9-20(19)23(2)11-15/h3-5,10,15,19-20,22H,6-9,11-13H2,1-2H3. The maximum atomic E-state index is 11.2. The monoisotopic (exact) mass is 356 g/mol. The van der Waals surface area contributed by atoms with Crippen LogP contribution in [0.4, 0.5) is 0 Å². The van der Waals surface area contributed by atoms with Gasteiger partial charge >= 0.3 is 0 Å². The summed E-state index contributed by atoms with van der Waals surface area (Å²) in [4.78, 5) is 13.8. The van der Waals surface area contributed by atoms with E-state index < -0.39 is 0 Å². The molecule has 0 bridgehead atoms. The summed E-state index contributed by atoms with van der Waals surface area (Å²) < 4.78 is 0. The number of carbonyl (C=O) groups excluding carboxylic acids is 1. The molecule has 25 heavy (non-hydrogen) atoms. The molecule has 0 spiro atoms. The molecule has 2 heterocycles. The molecule has 0 saturated carbocycles. The Morgan fingerprint density at radius 2 is 2.28 bits per heavy atom. The number of likely N-dealkylation sites (tertiary alicyclic amines) is 1. The zero-order valence-corrected chi connectivity index (χ0v) is 16.1. The van der Waals surface area contributed by atoms with Crippen LogP contribution in [0, 0.1) is 5.92 Å². The van der Waals surface area contributed by atoms with Gasteiger partial charge in [-0.25, -0.2) is 0 Å². The number of thioether (sulfide) groups is 1.